The van der Waals surface area contributed by atoms with E-state index in [-0.39, 0.29) is 24.8 Å². The summed E-state index contributed by atoms with van der Waals surface area (Å²) in [4.78, 5) is 0. The maximum absolute atomic E-state index is 3.36. The van der Waals surface area contributed by atoms with Crippen LogP contribution in [0.1, 0.15) is 63.5 Å². The molecule has 6 aliphatic rings. The average molecular weight is 569 g/mol. The topological polar surface area (TPSA) is 0 Å². The smallest absolute Gasteiger partial charge is 0.0253 e. The Labute approximate surface area is 233 Å². The first kappa shape index (κ1) is 27.8. The van der Waals surface area contributed by atoms with Crippen molar-refractivity contribution < 1.29 is 49.0 Å². The van der Waals surface area contributed by atoms with Crippen molar-refractivity contribution in [2.75, 3.05) is 0 Å². The number of rotatable bonds is 1. The molecule has 178 valence electrons. The van der Waals surface area contributed by atoms with E-state index in [0.717, 1.165) is 42.4 Å². The monoisotopic (exact) mass is 566 g/mol. The van der Waals surface area contributed by atoms with Crippen LogP contribution in [0.25, 0.3) is 11.1 Å². The molecule has 2 aromatic rings. The zero-order valence-corrected chi connectivity index (χ0v) is 24.3. The maximum atomic E-state index is 3.36. The van der Waals surface area contributed by atoms with Gasteiger partial charge in [-0.2, -0.15) is 41.5 Å². The summed E-state index contributed by atoms with van der Waals surface area (Å²) in [7, 11) is 0. The molecule has 2 aromatic carbocycles. The zero-order valence-electron chi connectivity index (χ0n) is 20.3. The van der Waals surface area contributed by atoms with Gasteiger partial charge in [-0.05, 0) is 62.2 Å². The van der Waals surface area contributed by atoms with E-state index >= 15 is 0 Å². The Hall–Kier alpha value is -0.747. The van der Waals surface area contributed by atoms with Gasteiger partial charge in [-0.15, -0.1) is 12.0 Å². The van der Waals surface area contributed by atoms with E-state index in [1.165, 1.54) is 25.5 Å². The van der Waals surface area contributed by atoms with Gasteiger partial charge >= 0.3 is 41.3 Å². The molecule has 6 aliphatic carbocycles. The Morgan fingerprint density at radius 2 is 1.47 bits per heavy atom. The predicted molar refractivity (Wildman–Crippen MR) is 131 cm³/mol. The van der Waals surface area contributed by atoms with Crippen LogP contribution in [0.2, 0.25) is 0 Å². The Morgan fingerprint density at radius 3 is 2.09 bits per heavy atom. The molecule has 4 bridgehead atoms. The van der Waals surface area contributed by atoms with Crippen LogP contribution in [-0.2, 0) is 30.7 Å². The summed E-state index contributed by atoms with van der Waals surface area (Å²) in [6.45, 7) is 4.25. The standard InChI is InChI=1S/C15H19.C13H9.C3H6.2ClH.Zr/c1-2-4-12(3-1)15-13-6-10-5-11(8-13)9-14(15)7-10;1-3-7-12-10(5-1)9-11-6-2-4-8-13(11)12;1-3-2;;;/h3-4,10-11,13-15H,1,5-9H2;1-5,7-8H,9H2;1-2H3;2*1H;/q2*-1;;;;+2/p-2. The molecule has 0 nitrogen and oxygen atoms in total. The number of hydrogen-bond acceptors (Lipinski definition) is 0. The first-order valence-electron chi connectivity index (χ1n) is 12.4. The summed E-state index contributed by atoms with van der Waals surface area (Å²) in [5.74, 6) is 5.25. The molecule has 0 atom stereocenters. The predicted octanol–water partition coefficient (Wildman–Crippen LogP) is 1.56. The van der Waals surface area contributed by atoms with Crippen molar-refractivity contribution in [3.05, 3.63) is 83.5 Å². The van der Waals surface area contributed by atoms with Crippen molar-refractivity contribution in [3.63, 3.8) is 0 Å². The summed E-state index contributed by atoms with van der Waals surface area (Å²) in [5, 5.41) is 0. The fraction of sp³-hybridized carbons (Fsp3) is 0.452. The SMILES string of the molecule is C[C](C)=[Zr+2].[C-]1=CC(C2C3CC4CC(C3)CC2C4)=CC1.[Cl-].[Cl-].[c-]1cccc2c1Cc1ccccc1-2. The largest absolute Gasteiger partial charge is 1.00 e. The van der Waals surface area contributed by atoms with Gasteiger partial charge in [0.2, 0.25) is 0 Å². The summed E-state index contributed by atoms with van der Waals surface area (Å²) >= 11 is 1.55. The van der Waals surface area contributed by atoms with Crippen LogP contribution >= 0.6 is 0 Å². The summed E-state index contributed by atoms with van der Waals surface area (Å²) in [6.07, 6.45) is 18.0. The number of hydrogen-bond donors (Lipinski definition) is 0. The van der Waals surface area contributed by atoms with Crippen LogP contribution in [0.15, 0.2) is 60.2 Å². The molecule has 0 amide bonds. The Bertz CT molecular complexity index is 975. The third kappa shape index (κ3) is 6.14. The van der Waals surface area contributed by atoms with Crippen molar-refractivity contribution in [2.45, 2.75) is 58.8 Å². The molecule has 0 N–H and O–H groups in total. The Kier molecular flexibility index (Phi) is 10.2. The van der Waals surface area contributed by atoms with E-state index < -0.39 is 0 Å². The van der Waals surface area contributed by atoms with Crippen LogP contribution in [0.3, 0.4) is 0 Å². The first-order valence-corrected chi connectivity index (χ1v) is 13.7. The van der Waals surface area contributed by atoms with E-state index in [1.54, 1.807) is 61.9 Å². The van der Waals surface area contributed by atoms with E-state index in [4.69, 9.17) is 0 Å². The molecular formula is C31H34Cl2Zr-2. The molecule has 0 aliphatic heterocycles. The van der Waals surface area contributed by atoms with E-state index in [9.17, 15) is 0 Å². The molecule has 3 heteroatoms. The number of halogens is 2. The zero-order chi connectivity index (χ0) is 22.1. The van der Waals surface area contributed by atoms with Crippen LogP contribution < -0.4 is 24.8 Å². The molecule has 0 aromatic heterocycles. The molecule has 0 saturated heterocycles. The van der Waals surface area contributed by atoms with Crippen molar-refractivity contribution in [3.8, 4) is 11.1 Å². The van der Waals surface area contributed by atoms with Gasteiger partial charge in [-0.25, -0.2) is 6.08 Å². The van der Waals surface area contributed by atoms with Gasteiger partial charge in [-0.1, -0.05) is 41.3 Å². The van der Waals surface area contributed by atoms with Gasteiger partial charge in [0.1, 0.15) is 0 Å². The molecule has 34 heavy (non-hydrogen) atoms. The fourth-order valence-electron chi connectivity index (χ4n) is 7.11. The molecule has 0 heterocycles. The van der Waals surface area contributed by atoms with E-state index in [1.807, 2.05) is 6.07 Å². The Morgan fingerprint density at radius 1 is 0.853 bits per heavy atom. The molecule has 0 radical (unpaired) electrons. The van der Waals surface area contributed by atoms with E-state index in [0.29, 0.717) is 0 Å². The average Bonchev–Trinajstić information content (AvgIpc) is 3.41. The molecule has 4 saturated carbocycles. The van der Waals surface area contributed by atoms with Crippen molar-refractivity contribution in [1.82, 2.24) is 0 Å². The normalized spacial score (nSPS) is 28.1. The van der Waals surface area contributed by atoms with Crippen LogP contribution in [0, 0.1) is 41.7 Å². The first-order chi connectivity index (χ1) is 15.6. The minimum Gasteiger partial charge on any atom is -1.00 e. The minimum absolute atomic E-state index is 0. The summed E-state index contributed by atoms with van der Waals surface area (Å²) in [6, 6.07) is 18.1. The van der Waals surface area contributed by atoms with Gasteiger partial charge in [0.05, 0.1) is 0 Å². The number of allylic oxidation sites excluding steroid dienone is 4. The van der Waals surface area contributed by atoms with E-state index in [2.05, 4.69) is 74.5 Å². The van der Waals surface area contributed by atoms with Gasteiger partial charge < -0.3 is 24.8 Å². The van der Waals surface area contributed by atoms with Crippen LogP contribution in [0.5, 0.6) is 0 Å². The second kappa shape index (κ2) is 12.5. The second-order valence-corrected chi connectivity index (χ2v) is 13.1. The molecule has 0 spiro atoms. The number of fused-ring (bicyclic) bond motifs is 3. The quantitative estimate of drug-likeness (QED) is 0.391. The van der Waals surface area contributed by atoms with Crippen molar-refractivity contribution in [1.29, 1.82) is 0 Å². The number of benzene rings is 2. The van der Waals surface area contributed by atoms with Crippen molar-refractivity contribution in [2.24, 2.45) is 29.6 Å². The molecule has 4 fully saturated rings. The summed E-state index contributed by atoms with van der Waals surface area (Å²) < 4.78 is 1.51. The van der Waals surface area contributed by atoms with Crippen LogP contribution in [0.4, 0.5) is 0 Å². The molecule has 8 rings (SSSR count). The molecule has 0 unspecified atom stereocenters. The maximum Gasteiger partial charge on any atom is -0.0253 e. The van der Waals surface area contributed by atoms with Crippen LogP contribution in [-0.4, -0.2) is 3.21 Å². The third-order valence-corrected chi connectivity index (χ3v) is 7.95. The van der Waals surface area contributed by atoms with Gasteiger partial charge in [0.15, 0.2) is 0 Å². The minimum atomic E-state index is 0. The molecular weight excluding hydrogens is 534 g/mol. The second-order valence-electron chi connectivity index (χ2n) is 10.6. The summed E-state index contributed by atoms with van der Waals surface area (Å²) in [5.41, 5.74) is 7.17. The fourth-order valence-corrected chi connectivity index (χ4v) is 7.11. The van der Waals surface area contributed by atoms with Gasteiger partial charge in [0.25, 0.3) is 0 Å². The van der Waals surface area contributed by atoms with Gasteiger partial charge in [-0.3, -0.25) is 6.08 Å². The van der Waals surface area contributed by atoms with Gasteiger partial charge in [0, 0.05) is 0 Å². The van der Waals surface area contributed by atoms with Crippen molar-refractivity contribution >= 4 is 3.21 Å². The Balaban J connectivity index is 0.000000159. The third-order valence-electron chi connectivity index (χ3n) is 7.95.